The van der Waals surface area contributed by atoms with Gasteiger partial charge in [0, 0.05) is 30.1 Å². The molecule has 0 unspecified atom stereocenters. The average Bonchev–Trinajstić information content (AvgIpc) is 2.96. The van der Waals surface area contributed by atoms with Gasteiger partial charge in [-0.15, -0.1) is 0 Å². The maximum Gasteiger partial charge on any atom is 0.282 e. The Bertz CT molecular complexity index is 982. The standard InChI is InChI=1S/C20H18F3N3O/c1-12-9-14(21)7-8-15(12)16-5-3-4-6-17(16)24-18(27)10-13-11-26(2)25-19(13)20(22)23/h3-9,11,20H,10H2,1-2H3,(H,24,27). The van der Waals surface area contributed by atoms with Gasteiger partial charge >= 0.3 is 0 Å². The molecule has 4 nitrogen and oxygen atoms in total. The van der Waals surface area contributed by atoms with Gasteiger partial charge in [0.25, 0.3) is 6.43 Å². The molecule has 0 spiro atoms. The highest BCUT2D eigenvalue weighted by atomic mass is 19.3. The zero-order valence-corrected chi connectivity index (χ0v) is 14.8. The molecule has 2 aromatic carbocycles. The van der Waals surface area contributed by atoms with E-state index in [0.717, 1.165) is 16.7 Å². The van der Waals surface area contributed by atoms with Crippen LogP contribution in [0, 0.1) is 12.7 Å². The summed E-state index contributed by atoms with van der Waals surface area (Å²) in [6, 6.07) is 11.5. The van der Waals surface area contributed by atoms with Gasteiger partial charge in [-0.25, -0.2) is 13.2 Å². The van der Waals surface area contributed by atoms with Crippen LogP contribution in [0.1, 0.15) is 23.2 Å². The van der Waals surface area contributed by atoms with Crippen molar-refractivity contribution in [2.45, 2.75) is 19.8 Å². The number of halogens is 3. The summed E-state index contributed by atoms with van der Waals surface area (Å²) in [5.41, 5.74) is 2.55. The summed E-state index contributed by atoms with van der Waals surface area (Å²) in [5, 5.41) is 6.47. The van der Waals surface area contributed by atoms with E-state index in [1.54, 1.807) is 25.1 Å². The molecule has 1 heterocycles. The van der Waals surface area contributed by atoms with Crippen molar-refractivity contribution in [1.29, 1.82) is 0 Å². The molecule has 1 N–H and O–H groups in total. The van der Waals surface area contributed by atoms with Crippen LogP contribution >= 0.6 is 0 Å². The molecule has 3 aromatic rings. The van der Waals surface area contributed by atoms with Gasteiger partial charge < -0.3 is 5.32 Å². The minimum absolute atomic E-state index is 0.181. The second-order valence-electron chi connectivity index (χ2n) is 6.24. The van der Waals surface area contributed by atoms with Crippen LogP contribution in [0.4, 0.5) is 18.9 Å². The van der Waals surface area contributed by atoms with Crippen molar-refractivity contribution in [2.75, 3.05) is 5.32 Å². The Balaban J connectivity index is 1.85. The van der Waals surface area contributed by atoms with Crippen LogP contribution in [-0.4, -0.2) is 15.7 Å². The number of hydrogen-bond acceptors (Lipinski definition) is 2. The SMILES string of the molecule is Cc1cc(F)ccc1-c1ccccc1NC(=O)Cc1cn(C)nc1C(F)F. The van der Waals surface area contributed by atoms with E-state index >= 15 is 0 Å². The van der Waals surface area contributed by atoms with Crippen molar-refractivity contribution in [3.8, 4) is 11.1 Å². The lowest BCUT2D eigenvalue weighted by atomic mass is 9.98. The minimum Gasteiger partial charge on any atom is -0.325 e. The van der Waals surface area contributed by atoms with Crippen LogP contribution < -0.4 is 5.32 Å². The molecule has 0 fully saturated rings. The van der Waals surface area contributed by atoms with Gasteiger partial charge in [0.05, 0.1) is 6.42 Å². The molecule has 0 aliphatic carbocycles. The van der Waals surface area contributed by atoms with Crippen LogP contribution in [0.25, 0.3) is 11.1 Å². The number of nitrogens with one attached hydrogen (secondary N) is 1. The van der Waals surface area contributed by atoms with Crippen molar-refractivity contribution in [3.05, 3.63) is 71.3 Å². The monoisotopic (exact) mass is 373 g/mol. The summed E-state index contributed by atoms with van der Waals surface area (Å²) in [4.78, 5) is 12.4. The molecule has 1 aromatic heterocycles. The van der Waals surface area contributed by atoms with E-state index in [1.807, 2.05) is 12.1 Å². The van der Waals surface area contributed by atoms with Crippen LogP contribution in [0.3, 0.4) is 0 Å². The Morgan fingerprint density at radius 3 is 2.63 bits per heavy atom. The predicted octanol–water partition coefficient (Wildman–Crippen LogP) is 4.65. The molecule has 0 aliphatic heterocycles. The number of amides is 1. The smallest absolute Gasteiger partial charge is 0.282 e. The Labute approximate surface area is 154 Å². The first-order valence-corrected chi connectivity index (χ1v) is 8.31. The topological polar surface area (TPSA) is 46.9 Å². The van der Waals surface area contributed by atoms with E-state index in [4.69, 9.17) is 0 Å². The summed E-state index contributed by atoms with van der Waals surface area (Å²) in [6.45, 7) is 1.78. The Morgan fingerprint density at radius 1 is 1.19 bits per heavy atom. The molecular weight excluding hydrogens is 355 g/mol. The van der Waals surface area contributed by atoms with Crippen molar-refractivity contribution >= 4 is 11.6 Å². The van der Waals surface area contributed by atoms with Crippen LogP contribution in [-0.2, 0) is 18.3 Å². The molecule has 140 valence electrons. The molecule has 7 heteroatoms. The third-order valence-electron chi connectivity index (χ3n) is 4.17. The third-order valence-corrected chi connectivity index (χ3v) is 4.17. The molecule has 0 bridgehead atoms. The third kappa shape index (κ3) is 4.19. The van der Waals surface area contributed by atoms with Gasteiger partial charge in [0.15, 0.2) is 0 Å². The zero-order valence-electron chi connectivity index (χ0n) is 14.8. The quantitative estimate of drug-likeness (QED) is 0.707. The largest absolute Gasteiger partial charge is 0.325 e. The first-order chi connectivity index (χ1) is 12.8. The number of alkyl halides is 2. The predicted molar refractivity (Wildman–Crippen MR) is 97.1 cm³/mol. The van der Waals surface area contributed by atoms with Gasteiger partial charge in [-0.1, -0.05) is 24.3 Å². The van der Waals surface area contributed by atoms with Gasteiger partial charge in [0.2, 0.25) is 5.91 Å². The lowest BCUT2D eigenvalue weighted by Gasteiger charge is -2.13. The fourth-order valence-corrected chi connectivity index (χ4v) is 3.00. The van der Waals surface area contributed by atoms with Crippen molar-refractivity contribution in [3.63, 3.8) is 0 Å². The van der Waals surface area contributed by atoms with E-state index in [2.05, 4.69) is 10.4 Å². The second kappa shape index (κ2) is 7.65. The summed E-state index contributed by atoms with van der Waals surface area (Å²) in [7, 11) is 1.53. The van der Waals surface area contributed by atoms with Crippen molar-refractivity contribution in [2.24, 2.45) is 7.05 Å². The number of aryl methyl sites for hydroxylation is 2. The number of anilines is 1. The van der Waals surface area contributed by atoms with E-state index in [0.29, 0.717) is 5.69 Å². The number of nitrogens with zero attached hydrogens (tertiary/aromatic N) is 2. The Kier molecular flexibility index (Phi) is 5.30. The normalized spacial score (nSPS) is 11.0. The van der Waals surface area contributed by atoms with Crippen molar-refractivity contribution < 1.29 is 18.0 Å². The maximum atomic E-state index is 13.4. The van der Waals surface area contributed by atoms with Crippen LogP contribution in [0.15, 0.2) is 48.7 Å². The Morgan fingerprint density at radius 2 is 1.93 bits per heavy atom. The fraction of sp³-hybridized carbons (Fsp3) is 0.200. The second-order valence-corrected chi connectivity index (χ2v) is 6.24. The van der Waals surface area contributed by atoms with E-state index in [-0.39, 0.29) is 17.8 Å². The first kappa shape index (κ1) is 18.7. The number of para-hydroxylation sites is 1. The lowest BCUT2D eigenvalue weighted by molar-refractivity contribution is -0.115. The summed E-state index contributed by atoms with van der Waals surface area (Å²) in [5.74, 6) is -0.772. The van der Waals surface area contributed by atoms with Gasteiger partial charge in [-0.05, 0) is 36.2 Å². The number of carbonyl (C=O) groups is 1. The number of hydrogen-bond donors (Lipinski definition) is 1. The molecule has 27 heavy (non-hydrogen) atoms. The highest BCUT2D eigenvalue weighted by Gasteiger charge is 2.20. The van der Waals surface area contributed by atoms with Gasteiger partial charge in [-0.3, -0.25) is 9.48 Å². The molecule has 0 aliphatic rings. The minimum atomic E-state index is -2.75. The van der Waals surface area contributed by atoms with Gasteiger partial charge in [-0.2, -0.15) is 5.10 Å². The number of aromatic nitrogens is 2. The zero-order chi connectivity index (χ0) is 19.6. The molecule has 0 radical (unpaired) electrons. The summed E-state index contributed by atoms with van der Waals surface area (Å²) < 4.78 is 40.7. The Hall–Kier alpha value is -3.09. The van der Waals surface area contributed by atoms with Crippen LogP contribution in [0.5, 0.6) is 0 Å². The van der Waals surface area contributed by atoms with Gasteiger partial charge in [0.1, 0.15) is 11.5 Å². The molecule has 0 atom stereocenters. The lowest BCUT2D eigenvalue weighted by Crippen LogP contribution is -2.15. The molecule has 3 rings (SSSR count). The highest BCUT2D eigenvalue weighted by Crippen LogP contribution is 2.31. The number of benzene rings is 2. The van der Waals surface area contributed by atoms with Crippen LogP contribution in [0.2, 0.25) is 0 Å². The average molecular weight is 373 g/mol. The maximum absolute atomic E-state index is 13.4. The summed E-state index contributed by atoms with van der Waals surface area (Å²) in [6.07, 6.45) is -1.55. The first-order valence-electron chi connectivity index (χ1n) is 8.31. The number of rotatable bonds is 5. The highest BCUT2D eigenvalue weighted by molar-refractivity contribution is 5.96. The molecular formula is C20H18F3N3O. The fourth-order valence-electron chi connectivity index (χ4n) is 3.00. The van der Waals surface area contributed by atoms with Crippen molar-refractivity contribution in [1.82, 2.24) is 9.78 Å². The van der Waals surface area contributed by atoms with E-state index < -0.39 is 18.0 Å². The number of carbonyl (C=O) groups excluding carboxylic acids is 1. The molecule has 1 amide bonds. The van der Waals surface area contributed by atoms with E-state index in [1.165, 1.54) is 30.1 Å². The molecule has 0 saturated heterocycles. The summed E-state index contributed by atoms with van der Waals surface area (Å²) >= 11 is 0. The van der Waals surface area contributed by atoms with E-state index in [9.17, 15) is 18.0 Å². The molecule has 0 saturated carbocycles.